The van der Waals surface area contributed by atoms with E-state index in [1.54, 1.807) is 20.8 Å². The molecule has 0 saturated carbocycles. The zero-order valence-electron chi connectivity index (χ0n) is 11.5. The number of ether oxygens (including phenoxy) is 2. The molecular formula is C12H26O6. The van der Waals surface area contributed by atoms with Crippen LogP contribution in [0.3, 0.4) is 0 Å². The van der Waals surface area contributed by atoms with Crippen LogP contribution in [0.4, 0.5) is 0 Å². The first kappa shape index (κ1) is 19.6. The van der Waals surface area contributed by atoms with Crippen LogP contribution in [0.5, 0.6) is 0 Å². The Balaban J connectivity index is 0. The lowest BCUT2D eigenvalue weighted by Crippen LogP contribution is -2.19. The summed E-state index contributed by atoms with van der Waals surface area (Å²) >= 11 is 0. The van der Waals surface area contributed by atoms with Crippen molar-refractivity contribution in [3.8, 4) is 0 Å². The second-order valence-corrected chi connectivity index (χ2v) is 3.81. The minimum Gasteiger partial charge on any atom is -0.466 e. The fourth-order valence-electron chi connectivity index (χ4n) is 0.813. The van der Waals surface area contributed by atoms with Crippen LogP contribution in [0.1, 0.15) is 33.6 Å². The van der Waals surface area contributed by atoms with Crippen LogP contribution < -0.4 is 0 Å². The highest BCUT2D eigenvalue weighted by atomic mass is 16.5. The second-order valence-electron chi connectivity index (χ2n) is 3.81. The van der Waals surface area contributed by atoms with E-state index >= 15 is 0 Å². The molecule has 3 N–H and O–H groups in total. The van der Waals surface area contributed by atoms with Crippen molar-refractivity contribution in [1.29, 1.82) is 0 Å². The molecule has 0 aromatic rings. The number of aliphatic hydroxyl groups excluding tert-OH is 3. The number of esters is 1. The molecule has 0 aromatic heterocycles. The summed E-state index contributed by atoms with van der Waals surface area (Å²) in [5.74, 6) is -0.230. The molecule has 0 aliphatic rings. The van der Waals surface area contributed by atoms with Crippen LogP contribution in [0.15, 0.2) is 0 Å². The van der Waals surface area contributed by atoms with Crippen molar-refractivity contribution in [2.45, 2.75) is 45.8 Å². The van der Waals surface area contributed by atoms with E-state index < -0.39 is 6.10 Å². The third kappa shape index (κ3) is 17.7. The smallest absolute Gasteiger partial charge is 0.305 e. The first-order valence-electron chi connectivity index (χ1n) is 6.14. The summed E-state index contributed by atoms with van der Waals surface area (Å²) in [6.07, 6.45) is 0.210. The van der Waals surface area contributed by atoms with Crippen LogP contribution >= 0.6 is 0 Å². The Morgan fingerprint density at radius 2 is 1.89 bits per heavy atom. The molecule has 2 atom stereocenters. The second kappa shape index (κ2) is 14.4. The zero-order chi connectivity index (χ0) is 14.4. The Morgan fingerprint density at radius 1 is 1.28 bits per heavy atom. The molecular weight excluding hydrogens is 240 g/mol. The van der Waals surface area contributed by atoms with E-state index in [0.717, 1.165) is 0 Å². The molecule has 0 aliphatic carbocycles. The molecule has 0 fully saturated rings. The Morgan fingerprint density at radius 3 is 2.28 bits per heavy atom. The summed E-state index contributed by atoms with van der Waals surface area (Å²) in [6.45, 7) is 5.93. The topological polar surface area (TPSA) is 96.2 Å². The molecule has 2 unspecified atom stereocenters. The van der Waals surface area contributed by atoms with E-state index in [9.17, 15) is 4.79 Å². The molecule has 0 bridgehead atoms. The van der Waals surface area contributed by atoms with Gasteiger partial charge in [-0.2, -0.15) is 0 Å². The molecule has 0 spiro atoms. The Labute approximate surface area is 109 Å². The van der Waals surface area contributed by atoms with Gasteiger partial charge in [-0.1, -0.05) is 0 Å². The highest BCUT2D eigenvalue weighted by Gasteiger charge is 2.00. The van der Waals surface area contributed by atoms with Gasteiger partial charge in [0.2, 0.25) is 0 Å². The standard InChI is InChI=1S/C6H14O3.C6H12O3/c1-5(8)4-9-6(2)3-7;1-2-9-6(8)4-3-5-7/h5-8H,3-4H2,1-2H3;7H,2-5H2,1H3. The van der Waals surface area contributed by atoms with Crippen molar-refractivity contribution >= 4 is 5.97 Å². The number of rotatable bonds is 8. The van der Waals surface area contributed by atoms with Crippen molar-refractivity contribution in [3.63, 3.8) is 0 Å². The van der Waals surface area contributed by atoms with Crippen molar-refractivity contribution in [2.75, 3.05) is 26.4 Å². The first-order chi connectivity index (χ1) is 8.47. The van der Waals surface area contributed by atoms with Crippen LogP contribution in [-0.2, 0) is 14.3 Å². The molecule has 0 aromatic carbocycles. The van der Waals surface area contributed by atoms with Crippen molar-refractivity contribution in [2.24, 2.45) is 0 Å². The molecule has 0 rings (SSSR count). The molecule has 0 aliphatic heterocycles. The Bertz CT molecular complexity index is 183. The average molecular weight is 266 g/mol. The summed E-state index contributed by atoms with van der Waals surface area (Å²) in [6, 6.07) is 0. The normalized spacial score (nSPS) is 13.2. The molecule has 18 heavy (non-hydrogen) atoms. The Hall–Kier alpha value is -0.690. The van der Waals surface area contributed by atoms with E-state index in [1.165, 1.54) is 0 Å². The van der Waals surface area contributed by atoms with Gasteiger partial charge in [0.25, 0.3) is 0 Å². The SMILES string of the molecule is CC(O)COC(C)CO.CCOC(=O)CCCO. The summed E-state index contributed by atoms with van der Waals surface area (Å²) in [7, 11) is 0. The minimum atomic E-state index is -0.445. The summed E-state index contributed by atoms with van der Waals surface area (Å²) in [5.41, 5.74) is 0. The van der Waals surface area contributed by atoms with Gasteiger partial charge in [0.1, 0.15) is 0 Å². The van der Waals surface area contributed by atoms with Crippen LogP contribution in [0.25, 0.3) is 0 Å². The highest BCUT2D eigenvalue weighted by molar-refractivity contribution is 5.69. The zero-order valence-corrected chi connectivity index (χ0v) is 11.5. The highest BCUT2D eigenvalue weighted by Crippen LogP contribution is 1.90. The molecule has 6 nitrogen and oxygen atoms in total. The maximum absolute atomic E-state index is 10.5. The van der Waals surface area contributed by atoms with E-state index in [4.69, 9.17) is 20.1 Å². The minimum absolute atomic E-state index is 0.00667. The molecule has 0 saturated heterocycles. The van der Waals surface area contributed by atoms with Crippen molar-refractivity contribution < 1.29 is 29.6 Å². The van der Waals surface area contributed by atoms with E-state index in [0.29, 0.717) is 26.1 Å². The van der Waals surface area contributed by atoms with Gasteiger partial charge in [-0.25, -0.2) is 0 Å². The fraction of sp³-hybridized carbons (Fsp3) is 0.917. The van der Waals surface area contributed by atoms with Crippen molar-refractivity contribution in [1.82, 2.24) is 0 Å². The summed E-state index contributed by atoms with van der Waals surface area (Å²) in [5, 5.41) is 25.4. The molecule has 0 amide bonds. The first-order valence-corrected chi connectivity index (χ1v) is 6.14. The van der Waals surface area contributed by atoms with Crippen LogP contribution in [0.2, 0.25) is 0 Å². The number of hydrogen-bond donors (Lipinski definition) is 3. The van der Waals surface area contributed by atoms with Gasteiger partial charge in [0.15, 0.2) is 0 Å². The predicted molar refractivity (Wildman–Crippen MR) is 67.1 cm³/mol. The van der Waals surface area contributed by atoms with Gasteiger partial charge in [-0.15, -0.1) is 0 Å². The maximum atomic E-state index is 10.5. The van der Waals surface area contributed by atoms with Gasteiger partial charge < -0.3 is 24.8 Å². The fourth-order valence-corrected chi connectivity index (χ4v) is 0.813. The molecule has 0 radical (unpaired) electrons. The van der Waals surface area contributed by atoms with Gasteiger partial charge in [0, 0.05) is 13.0 Å². The third-order valence-electron chi connectivity index (χ3n) is 1.72. The lowest BCUT2D eigenvalue weighted by molar-refractivity contribution is -0.143. The maximum Gasteiger partial charge on any atom is 0.305 e. The molecule has 6 heteroatoms. The Kier molecular flexibility index (Phi) is 15.7. The number of hydrogen-bond acceptors (Lipinski definition) is 6. The van der Waals surface area contributed by atoms with Gasteiger partial charge >= 0.3 is 5.97 Å². The van der Waals surface area contributed by atoms with E-state index in [2.05, 4.69) is 4.74 Å². The quantitative estimate of drug-likeness (QED) is 0.539. The largest absolute Gasteiger partial charge is 0.466 e. The van der Waals surface area contributed by atoms with Gasteiger partial charge in [0.05, 0.1) is 32.0 Å². The monoisotopic (exact) mass is 266 g/mol. The lowest BCUT2D eigenvalue weighted by atomic mass is 10.3. The lowest BCUT2D eigenvalue weighted by Gasteiger charge is -2.10. The van der Waals surface area contributed by atoms with E-state index in [1.807, 2.05) is 0 Å². The number of carbonyl (C=O) groups is 1. The number of carbonyl (C=O) groups excluding carboxylic acids is 1. The summed E-state index contributed by atoms with van der Waals surface area (Å²) < 4.78 is 9.55. The van der Waals surface area contributed by atoms with Crippen LogP contribution in [0, 0.1) is 0 Å². The average Bonchev–Trinajstić information content (AvgIpc) is 2.34. The third-order valence-corrected chi connectivity index (χ3v) is 1.72. The van der Waals surface area contributed by atoms with Crippen LogP contribution in [-0.4, -0.2) is 59.9 Å². The van der Waals surface area contributed by atoms with Gasteiger partial charge in [-0.05, 0) is 27.2 Å². The molecule has 110 valence electrons. The molecule has 0 heterocycles. The van der Waals surface area contributed by atoms with Gasteiger partial charge in [-0.3, -0.25) is 4.79 Å². The van der Waals surface area contributed by atoms with Crippen molar-refractivity contribution in [3.05, 3.63) is 0 Å². The predicted octanol–water partition coefficient (Wildman–Crippen LogP) is 0.0866. The summed E-state index contributed by atoms with van der Waals surface area (Å²) in [4.78, 5) is 10.5. The number of aliphatic hydroxyl groups is 3. The van der Waals surface area contributed by atoms with E-state index in [-0.39, 0.29) is 25.3 Å².